The van der Waals surface area contributed by atoms with E-state index < -0.39 is 6.61 Å². The zero-order valence-electron chi connectivity index (χ0n) is 15.2. The highest BCUT2D eigenvalue weighted by Gasteiger charge is 2.40. The molecule has 1 spiro atoms. The van der Waals surface area contributed by atoms with E-state index in [4.69, 9.17) is 16.3 Å². The van der Waals surface area contributed by atoms with E-state index in [0.29, 0.717) is 22.5 Å². The van der Waals surface area contributed by atoms with Crippen molar-refractivity contribution in [1.82, 2.24) is 10.2 Å². The summed E-state index contributed by atoms with van der Waals surface area (Å²) in [6.07, 6.45) is 3.26. The lowest BCUT2D eigenvalue weighted by atomic mass is 9.80. The Morgan fingerprint density at radius 3 is 2.78 bits per heavy atom. The van der Waals surface area contributed by atoms with Crippen molar-refractivity contribution in [2.75, 3.05) is 33.4 Å². The van der Waals surface area contributed by atoms with Crippen LogP contribution in [0.1, 0.15) is 24.8 Å². The van der Waals surface area contributed by atoms with Crippen molar-refractivity contribution in [1.29, 1.82) is 0 Å². The van der Waals surface area contributed by atoms with E-state index in [2.05, 4.69) is 19.9 Å². The maximum atomic E-state index is 12.6. The first kappa shape index (κ1) is 22.4. The maximum Gasteiger partial charge on any atom is 0.387 e. The van der Waals surface area contributed by atoms with Crippen molar-refractivity contribution >= 4 is 41.5 Å². The molecule has 9 heteroatoms. The van der Waals surface area contributed by atoms with Gasteiger partial charge in [-0.05, 0) is 42.9 Å². The number of nitrogens with zero attached hydrogens (tertiary/aromatic N) is 2. The highest BCUT2D eigenvalue weighted by Crippen LogP contribution is 2.39. The second-order valence-corrected chi connectivity index (χ2v) is 7.25. The van der Waals surface area contributed by atoms with Crippen LogP contribution in [0.4, 0.5) is 8.78 Å². The maximum absolute atomic E-state index is 12.6. The van der Waals surface area contributed by atoms with Gasteiger partial charge in [0.15, 0.2) is 5.96 Å². The van der Waals surface area contributed by atoms with Gasteiger partial charge in [-0.1, -0.05) is 11.6 Å². The van der Waals surface area contributed by atoms with E-state index in [0.717, 1.165) is 51.5 Å². The monoisotopic (exact) mass is 515 g/mol. The fourth-order valence-corrected chi connectivity index (χ4v) is 3.93. The third-order valence-corrected chi connectivity index (χ3v) is 5.41. The quantitative estimate of drug-likeness (QED) is 0.372. The van der Waals surface area contributed by atoms with E-state index in [-0.39, 0.29) is 29.7 Å². The first-order valence-corrected chi connectivity index (χ1v) is 9.16. The highest BCUT2D eigenvalue weighted by molar-refractivity contribution is 14.0. The number of hydrogen-bond donors (Lipinski definition) is 1. The number of nitrogens with one attached hydrogen (secondary N) is 1. The Morgan fingerprint density at radius 1 is 1.37 bits per heavy atom. The largest absolute Gasteiger partial charge is 0.434 e. The van der Waals surface area contributed by atoms with Crippen LogP contribution in [0.15, 0.2) is 23.2 Å². The molecule has 1 aromatic rings. The Balaban J connectivity index is 0.00000261. The molecule has 2 fully saturated rings. The predicted octanol–water partition coefficient (Wildman–Crippen LogP) is 4.14. The molecule has 2 aliphatic rings. The second-order valence-electron chi connectivity index (χ2n) is 6.82. The minimum absolute atomic E-state index is 0. The summed E-state index contributed by atoms with van der Waals surface area (Å²) in [5.74, 6) is 0.881. The highest BCUT2D eigenvalue weighted by atomic mass is 127. The topological polar surface area (TPSA) is 46.1 Å². The van der Waals surface area contributed by atoms with Crippen LogP contribution >= 0.6 is 35.6 Å². The molecule has 5 nitrogen and oxygen atoms in total. The molecule has 1 N–H and O–H groups in total. The Labute approximate surface area is 180 Å². The fourth-order valence-electron chi connectivity index (χ4n) is 3.73. The molecule has 0 saturated carbocycles. The molecule has 0 bridgehead atoms. The molecule has 0 amide bonds. The summed E-state index contributed by atoms with van der Waals surface area (Å²) in [5, 5.41) is 3.72. The van der Waals surface area contributed by atoms with Crippen LogP contribution in [0.2, 0.25) is 5.02 Å². The predicted molar refractivity (Wildman–Crippen MR) is 112 cm³/mol. The van der Waals surface area contributed by atoms with Crippen LogP contribution in [0.5, 0.6) is 5.75 Å². The molecule has 0 unspecified atom stereocenters. The molecule has 27 heavy (non-hydrogen) atoms. The molecular weight excluding hydrogens is 491 g/mol. The van der Waals surface area contributed by atoms with Gasteiger partial charge in [0.1, 0.15) is 5.75 Å². The Kier molecular flexibility index (Phi) is 8.36. The standard InChI is InChI=1S/C18H24ClF2N3O2.HI/c1-22-17(24-7-4-18(12-24)5-8-25-9-6-18)23-11-13-10-14(19)2-3-15(13)26-16(20)21;/h2-3,10,16H,4-9,11-12H2,1H3,(H,22,23);1H. The number of guanidine groups is 1. The third-order valence-electron chi connectivity index (χ3n) is 5.18. The summed E-state index contributed by atoms with van der Waals surface area (Å²) >= 11 is 6.00. The lowest BCUT2D eigenvalue weighted by molar-refractivity contribution is -0.0504. The van der Waals surface area contributed by atoms with Crippen LogP contribution in [0, 0.1) is 5.41 Å². The number of benzene rings is 1. The summed E-state index contributed by atoms with van der Waals surface area (Å²) in [6.45, 7) is 0.929. The zero-order valence-corrected chi connectivity index (χ0v) is 18.3. The molecule has 3 rings (SSSR count). The Hall–Kier alpha value is -0.870. The van der Waals surface area contributed by atoms with Crippen molar-refractivity contribution in [2.24, 2.45) is 10.4 Å². The molecule has 0 radical (unpaired) electrons. The van der Waals surface area contributed by atoms with Crippen LogP contribution < -0.4 is 10.1 Å². The molecule has 0 aromatic heterocycles. The smallest absolute Gasteiger partial charge is 0.387 e. The fraction of sp³-hybridized carbons (Fsp3) is 0.611. The molecule has 2 heterocycles. The first-order valence-electron chi connectivity index (χ1n) is 8.78. The van der Waals surface area contributed by atoms with Gasteiger partial charge in [-0.25, -0.2) is 0 Å². The average molecular weight is 516 g/mol. The van der Waals surface area contributed by atoms with E-state index in [9.17, 15) is 8.78 Å². The van der Waals surface area contributed by atoms with Gasteiger partial charge in [-0.3, -0.25) is 4.99 Å². The minimum Gasteiger partial charge on any atom is -0.434 e. The summed E-state index contributed by atoms with van der Waals surface area (Å²) in [4.78, 5) is 6.58. The number of rotatable bonds is 4. The SMILES string of the molecule is CN=C(NCc1cc(Cl)ccc1OC(F)F)N1CCC2(CCOCC2)C1.I. The number of aliphatic imine (C=N–C) groups is 1. The van der Waals surface area contributed by atoms with E-state index in [1.165, 1.54) is 12.1 Å². The number of alkyl halides is 2. The van der Waals surface area contributed by atoms with Crippen molar-refractivity contribution in [3.8, 4) is 5.75 Å². The molecular formula is C18H25ClF2IN3O2. The van der Waals surface area contributed by atoms with Crippen molar-refractivity contribution < 1.29 is 18.3 Å². The van der Waals surface area contributed by atoms with Crippen LogP contribution in [0.25, 0.3) is 0 Å². The second kappa shape index (κ2) is 10.1. The van der Waals surface area contributed by atoms with Gasteiger partial charge in [-0.15, -0.1) is 24.0 Å². The summed E-state index contributed by atoms with van der Waals surface area (Å²) < 4.78 is 35.3. The third kappa shape index (κ3) is 5.80. The van der Waals surface area contributed by atoms with Gasteiger partial charge >= 0.3 is 6.61 Å². The molecule has 0 atom stereocenters. The van der Waals surface area contributed by atoms with Crippen LogP contribution in [-0.4, -0.2) is 50.8 Å². The van der Waals surface area contributed by atoms with Gasteiger partial charge in [0.25, 0.3) is 0 Å². The molecule has 0 aliphatic carbocycles. The van der Waals surface area contributed by atoms with Gasteiger partial charge in [0.05, 0.1) is 0 Å². The average Bonchev–Trinajstić information content (AvgIpc) is 3.01. The lowest BCUT2D eigenvalue weighted by Crippen LogP contribution is -2.42. The lowest BCUT2D eigenvalue weighted by Gasteiger charge is -2.33. The molecule has 2 saturated heterocycles. The van der Waals surface area contributed by atoms with Crippen molar-refractivity contribution in [3.05, 3.63) is 28.8 Å². The van der Waals surface area contributed by atoms with Crippen molar-refractivity contribution in [3.63, 3.8) is 0 Å². The Bertz CT molecular complexity index is 657. The van der Waals surface area contributed by atoms with E-state index in [1.807, 2.05) is 0 Å². The summed E-state index contributed by atoms with van der Waals surface area (Å²) in [5.41, 5.74) is 0.870. The summed E-state index contributed by atoms with van der Waals surface area (Å²) in [7, 11) is 1.73. The summed E-state index contributed by atoms with van der Waals surface area (Å²) in [6, 6.07) is 4.62. The number of ether oxygens (including phenoxy) is 2. The number of halogens is 4. The van der Waals surface area contributed by atoms with Gasteiger partial charge < -0.3 is 19.7 Å². The van der Waals surface area contributed by atoms with E-state index >= 15 is 0 Å². The van der Waals surface area contributed by atoms with Gasteiger partial charge in [0.2, 0.25) is 0 Å². The molecule has 2 aliphatic heterocycles. The zero-order chi connectivity index (χ0) is 18.6. The normalized spacial score (nSPS) is 19.3. The molecule has 1 aromatic carbocycles. The number of likely N-dealkylation sites (tertiary alicyclic amines) is 1. The first-order chi connectivity index (χ1) is 12.5. The van der Waals surface area contributed by atoms with Gasteiger partial charge in [-0.2, -0.15) is 8.78 Å². The Morgan fingerprint density at radius 2 is 2.11 bits per heavy atom. The van der Waals surface area contributed by atoms with Crippen LogP contribution in [-0.2, 0) is 11.3 Å². The molecule has 152 valence electrons. The minimum atomic E-state index is -2.87. The van der Waals surface area contributed by atoms with E-state index in [1.54, 1.807) is 13.1 Å². The van der Waals surface area contributed by atoms with Crippen molar-refractivity contribution in [2.45, 2.75) is 32.4 Å². The van der Waals surface area contributed by atoms with Gasteiger partial charge in [0, 0.05) is 50.5 Å². The van der Waals surface area contributed by atoms with Crippen LogP contribution in [0.3, 0.4) is 0 Å². The number of hydrogen-bond acceptors (Lipinski definition) is 3.